The van der Waals surface area contributed by atoms with Gasteiger partial charge >= 0.3 is 0 Å². The molecule has 1 aromatic rings. The van der Waals surface area contributed by atoms with Gasteiger partial charge in [-0.1, -0.05) is 71.4 Å². The van der Waals surface area contributed by atoms with E-state index in [2.05, 4.69) is 50.5 Å². The van der Waals surface area contributed by atoms with E-state index in [4.69, 9.17) is 5.73 Å². The molecule has 0 saturated heterocycles. The maximum Gasteiger partial charge on any atom is 0.238 e. The van der Waals surface area contributed by atoms with Crippen molar-refractivity contribution < 1.29 is 4.79 Å². The molecule has 1 amide bonds. The summed E-state index contributed by atoms with van der Waals surface area (Å²) in [5.41, 5.74) is 6.88. The normalized spacial score (nSPS) is 15.8. The maximum absolute atomic E-state index is 12.7. The highest BCUT2D eigenvalue weighted by Crippen LogP contribution is 2.17. The molecule has 0 bridgehead atoms. The third-order valence-electron chi connectivity index (χ3n) is 4.72. The van der Waals surface area contributed by atoms with Crippen molar-refractivity contribution in [2.45, 2.75) is 65.6 Å². The van der Waals surface area contributed by atoms with Crippen LogP contribution in [0, 0.1) is 11.8 Å². The molecule has 144 valence electrons. The number of rotatable bonds is 10. The van der Waals surface area contributed by atoms with Crippen molar-refractivity contribution in [1.82, 2.24) is 10.6 Å². The van der Waals surface area contributed by atoms with Crippen LogP contribution >= 0.6 is 12.4 Å². The molecule has 0 saturated carbocycles. The van der Waals surface area contributed by atoms with E-state index < -0.39 is 11.7 Å². The Balaban J connectivity index is 0.00000576. The van der Waals surface area contributed by atoms with E-state index in [-0.39, 0.29) is 24.2 Å². The molecule has 1 rings (SSSR count). The topological polar surface area (TPSA) is 67.2 Å². The van der Waals surface area contributed by atoms with E-state index in [9.17, 15) is 4.79 Å². The lowest BCUT2D eigenvalue weighted by Crippen LogP contribution is -2.63. The van der Waals surface area contributed by atoms with Crippen LogP contribution in [0.2, 0.25) is 0 Å². The summed E-state index contributed by atoms with van der Waals surface area (Å²) in [5.74, 6) is 0.603. The molecule has 5 heteroatoms. The van der Waals surface area contributed by atoms with E-state index in [1.54, 1.807) is 0 Å². The average molecular weight is 370 g/mol. The summed E-state index contributed by atoms with van der Waals surface area (Å²) >= 11 is 0. The minimum Gasteiger partial charge on any atom is -0.336 e. The Hall–Kier alpha value is -1.10. The maximum atomic E-state index is 12.7. The van der Waals surface area contributed by atoms with E-state index in [1.807, 2.05) is 25.1 Å². The zero-order chi connectivity index (χ0) is 18.2. The van der Waals surface area contributed by atoms with Gasteiger partial charge in [-0.25, -0.2) is 0 Å². The molecule has 25 heavy (non-hydrogen) atoms. The first-order chi connectivity index (χ1) is 11.3. The number of carbonyl (C=O) groups is 1. The third kappa shape index (κ3) is 7.76. The van der Waals surface area contributed by atoms with Gasteiger partial charge in [-0.15, -0.1) is 12.4 Å². The van der Waals surface area contributed by atoms with Gasteiger partial charge in [-0.05, 0) is 30.4 Å². The van der Waals surface area contributed by atoms with Crippen molar-refractivity contribution in [3.05, 3.63) is 35.9 Å². The molecule has 0 fully saturated rings. The Morgan fingerprint density at radius 2 is 1.76 bits per heavy atom. The van der Waals surface area contributed by atoms with Crippen molar-refractivity contribution in [2.75, 3.05) is 6.54 Å². The smallest absolute Gasteiger partial charge is 0.238 e. The molecule has 0 spiro atoms. The minimum atomic E-state index is -0.474. The first kappa shape index (κ1) is 23.9. The van der Waals surface area contributed by atoms with Crippen LogP contribution in [0.15, 0.2) is 30.3 Å². The van der Waals surface area contributed by atoms with E-state index in [0.29, 0.717) is 5.92 Å². The third-order valence-corrected chi connectivity index (χ3v) is 4.72. The lowest BCUT2D eigenvalue weighted by Gasteiger charge is -2.37. The number of nitrogens with two attached hydrogens (primary N) is 1. The van der Waals surface area contributed by atoms with Crippen LogP contribution in [0.1, 0.15) is 53.0 Å². The predicted molar refractivity (Wildman–Crippen MR) is 109 cm³/mol. The highest BCUT2D eigenvalue weighted by Gasteiger charge is 2.32. The van der Waals surface area contributed by atoms with Gasteiger partial charge in [-0.3, -0.25) is 10.1 Å². The molecule has 0 aliphatic carbocycles. The van der Waals surface area contributed by atoms with Crippen LogP contribution < -0.4 is 16.4 Å². The highest BCUT2D eigenvalue weighted by atomic mass is 35.5. The zero-order valence-electron chi connectivity index (χ0n) is 16.3. The quantitative estimate of drug-likeness (QED) is 0.553. The number of hydrogen-bond acceptors (Lipinski definition) is 3. The van der Waals surface area contributed by atoms with Crippen molar-refractivity contribution in [3.8, 4) is 0 Å². The molecule has 4 N–H and O–H groups in total. The molecule has 0 aliphatic heterocycles. The van der Waals surface area contributed by atoms with Gasteiger partial charge < -0.3 is 11.1 Å². The van der Waals surface area contributed by atoms with Gasteiger partial charge in [0.2, 0.25) is 5.91 Å². The fourth-order valence-electron chi connectivity index (χ4n) is 2.66. The number of amides is 1. The molecule has 0 unspecified atom stereocenters. The summed E-state index contributed by atoms with van der Waals surface area (Å²) in [6, 6.07) is 9.80. The number of halogens is 1. The second-order valence-electron chi connectivity index (χ2n) is 7.27. The minimum absolute atomic E-state index is 0. The van der Waals surface area contributed by atoms with Crippen LogP contribution in [0.5, 0.6) is 0 Å². The number of carbonyl (C=O) groups excluding carboxylic acids is 1. The fourth-order valence-corrected chi connectivity index (χ4v) is 2.66. The number of nitrogens with one attached hydrogen (secondary N) is 2. The van der Waals surface area contributed by atoms with Crippen molar-refractivity contribution in [3.63, 3.8) is 0 Å². The standard InChI is InChI=1S/C20H35N3O.ClH/c1-6-16(5)18(21)19(24)23-20(7-2,22-14-15(3)4)13-17-11-9-8-10-12-17;/h8-12,15-16,18,22H,6-7,13-14,21H2,1-5H3,(H,23,24);1H/t16-,18-,20-;/m0./s1. The second-order valence-corrected chi connectivity index (χ2v) is 7.27. The first-order valence-corrected chi connectivity index (χ1v) is 9.20. The van der Waals surface area contributed by atoms with Gasteiger partial charge in [0, 0.05) is 6.42 Å². The van der Waals surface area contributed by atoms with Crippen molar-refractivity contribution in [2.24, 2.45) is 17.6 Å². The molecule has 0 aromatic heterocycles. The predicted octanol–water partition coefficient (Wildman–Crippen LogP) is 3.49. The molecule has 0 radical (unpaired) electrons. The fraction of sp³-hybridized carbons (Fsp3) is 0.650. The Bertz CT molecular complexity index is 495. The van der Waals surface area contributed by atoms with Crippen LogP contribution in [0.4, 0.5) is 0 Å². The lowest BCUT2D eigenvalue weighted by molar-refractivity contribution is -0.126. The molecule has 0 aliphatic rings. The van der Waals surface area contributed by atoms with Gasteiger partial charge in [0.1, 0.15) is 0 Å². The Morgan fingerprint density at radius 3 is 2.24 bits per heavy atom. The summed E-state index contributed by atoms with van der Waals surface area (Å²) in [4.78, 5) is 12.7. The summed E-state index contributed by atoms with van der Waals surface area (Å²) in [5, 5.41) is 6.81. The molecular formula is C20H36ClN3O. The van der Waals surface area contributed by atoms with Crippen LogP contribution in [0.3, 0.4) is 0 Å². The molecular weight excluding hydrogens is 334 g/mol. The van der Waals surface area contributed by atoms with E-state index in [0.717, 1.165) is 25.8 Å². The largest absolute Gasteiger partial charge is 0.336 e. The molecule has 3 atom stereocenters. The van der Waals surface area contributed by atoms with Gasteiger partial charge in [-0.2, -0.15) is 0 Å². The van der Waals surface area contributed by atoms with Gasteiger partial charge in [0.05, 0.1) is 11.7 Å². The summed E-state index contributed by atoms with van der Waals surface area (Å²) in [6.45, 7) is 11.4. The lowest BCUT2D eigenvalue weighted by atomic mass is 9.93. The highest BCUT2D eigenvalue weighted by molar-refractivity contribution is 5.85. The number of benzene rings is 1. The summed E-state index contributed by atoms with van der Waals surface area (Å²) < 4.78 is 0. The van der Waals surface area contributed by atoms with Gasteiger partial charge in [0.15, 0.2) is 0 Å². The summed E-state index contributed by atoms with van der Waals surface area (Å²) in [6.07, 6.45) is 2.44. The Morgan fingerprint density at radius 1 is 1.16 bits per heavy atom. The monoisotopic (exact) mass is 369 g/mol. The number of hydrogen-bond donors (Lipinski definition) is 3. The van der Waals surface area contributed by atoms with Crippen molar-refractivity contribution >= 4 is 18.3 Å². The molecule has 0 heterocycles. The summed E-state index contributed by atoms with van der Waals surface area (Å²) in [7, 11) is 0. The average Bonchev–Trinajstić information content (AvgIpc) is 2.59. The van der Waals surface area contributed by atoms with Gasteiger partial charge in [0.25, 0.3) is 0 Å². The molecule has 1 aromatic carbocycles. The van der Waals surface area contributed by atoms with E-state index in [1.165, 1.54) is 5.56 Å². The Labute approximate surface area is 159 Å². The van der Waals surface area contributed by atoms with Crippen LogP contribution in [-0.4, -0.2) is 24.2 Å². The van der Waals surface area contributed by atoms with Crippen LogP contribution in [-0.2, 0) is 11.2 Å². The SMILES string of the molecule is CC[C@H](C)[C@H](N)C(=O)N[C@@](CC)(Cc1ccccc1)NCC(C)C.Cl. The molecule has 4 nitrogen and oxygen atoms in total. The second kappa shape index (κ2) is 11.5. The van der Waals surface area contributed by atoms with Crippen molar-refractivity contribution in [1.29, 1.82) is 0 Å². The van der Waals surface area contributed by atoms with Crippen LogP contribution in [0.25, 0.3) is 0 Å². The van der Waals surface area contributed by atoms with E-state index >= 15 is 0 Å². The Kier molecular flexibility index (Phi) is 11.0. The first-order valence-electron chi connectivity index (χ1n) is 9.20. The zero-order valence-corrected chi connectivity index (χ0v) is 17.2.